The summed E-state index contributed by atoms with van der Waals surface area (Å²) in [5.41, 5.74) is 3.16. The van der Waals surface area contributed by atoms with Gasteiger partial charge in [0.15, 0.2) is 0 Å². The molecule has 4 heteroatoms. The fourth-order valence-electron chi connectivity index (χ4n) is 3.51. The summed E-state index contributed by atoms with van der Waals surface area (Å²) in [6.45, 7) is 1.11. The summed E-state index contributed by atoms with van der Waals surface area (Å²) in [7, 11) is 3.94. The molecule has 24 heavy (non-hydrogen) atoms. The number of hydrogen-bond acceptors (Lipinski definition) is 3. The maximum Gasteiger partial charge on any atom is 0.266 e. The lowest BCUT2D eigenvalue weighted by molar-refractivity contribution is 0.194. The van der Waals surface area contributed by atoms with Crippen molar-refractivity contribution in [1.82, 2.24) is 14.7 Å². The predicted octanol–water partition coefficient (Wildman–Crippen LogP) is 3.25. The van der Waals surface area contributed by atoms with E-state index >= 15 is 0 Å². The average Bonchev–Trinajstić information content (AvgIpc) is 2.63. The van der Waals surface area contributed by atoms with Crippen LogP contribution in [-0.4, -0.2) is 34.3 Å². The second-order valence-corrected chi connectivity index (χ2v) is 6.90. The van der Waals surface area contributed by atoms with Gasteiger partial charge in [0.25, 0.3) is 5.56 Å². The van der Waals surface area contributed by atoms with Crippen molar-refractivity contribution < 1.29 is 0 Å². The Morgan fingerprint density at radius 1 is 1.08 bits per heavy atom. The van der Waals surface area contributed by atoms with E-state index in [0.717, 1.165) is 30.3 Å². The Bertz CT molecular complexity index is 714. The molecule has 1 heterocycles. The molecule has 3 rings (SSSR count). The van der Waals surface area contributed by atoms with Gasteiger partial charge < -0.3 is 4.90 Å². The van der Waals surface area contributed by atoms with Gasteiger partial charge in [-0.3, -0.25) is 4.79 Å². The van der Waals surface area contributed by atoms with E-state index < -0.39 is 0 Å². The molecule has 1 saturated carbocycles. The fraction of sp³-hybridized carbons (Fsp3) is 0.500. The highest BCUT2D eigenvalue weighted by Gasteiger charge is 2.17. The molecular formula is C20H27N3O. The maximum absolute atomic E-state index is 11.4. The highest BCUT2D eigenvalue weighted by atomic mass is 16.1. The zero-order chi connectivity index (χ0) is 16.9. The van der Waals surface area contributed by atoms with Gasteiger partial charge in [0.1, 0.15) is 0 Å². The Hall–Kier alpha value is -1.94. The van der Waals surface area contributed by atoms with Crippen LogP contribution >= 0.6 is 0 Å². The SMILES string of the molecule is CN(CCc1ccc(-c2ccc(=O)n(C)n2)cc1)C1CCCCC1. The Morgan fingerprint density at radius 2 is 1.79 bits per heavy atom. The normalized spacial score (nSPS) is 15.8. The third-order valence-electron chi connectivity index (χ3n) is 5.16. The van der Waals surface area contributed by atoms with Crippen LogP contribution in [0.1, 0.15) is 37.7 Å². The van der Waals surface area contributed by atoms with Crippen LogP contribution in [-0.2, 0) is 13.5 Å². The first-order valence-electron chi connectivity index (χ1n) is 8.97. The first-order valence-corrected chi connectivity index (χ1v) is 8.97. The molecule has 0 unspecified atom stereocenters. The summed E-state index contributed by atoms with van der Waals surface area (Å²) in [6, 6.07) is 12.7. The number of benzene rings is 1. The molecule has 4 nitrogen and oxygen atoms in total. The van der Waals surface area contributed by atoms with Crippen molar-refractivity contribution in [2.45, 2.75) is 44.6 Å². The van der Waals surface area contributed by atoms with Crippen LogP contribution < -0.4 is 5.56 Å². The van der Waals surface area contributed by atoms with Crippen molar-refractivity contribution in [2.24, 2.45) is 7.05 Å². The molecule has 0 radical (unpaired) electrons. The van der Waals surface area contributed by atoms with Crippen molar-refractivity contribution in [3.8, 4) is 11.3 Å². The van der Waals surface area contributed by atoms with Crippen LogP contribution in [0.15, 0.2) is 41.2 Å². The minimum Gasteiger partial charge on any atom is -0.303 e. The van der Waals surface area contributed by atoms with Crippen LogP contribution in [0.2, 0.25) is 0 Å². The van der Waals surface area contributed by atoms with Crippen molar-refractivity contribution in [3.05, 3.63) is 52.3 Å². The molecule has 1 aliphatic rings. The molecule has 1 aliphatic carbocycles. The van der Waals surface area contributed by atoms with E-state index in [1.54, 1.807) is 19.2 Å². The van der Waals surface area contributed by atoms with Crippen LogP contribution in [0.4, 0.5) is 0 Å². The first kappa shape index (κ1) is 16.9. The molecule has 0 spiro atoms. The van der Waals surface area contributed by atoms with Gasteiger partial charge in [-0.1, -0.05) is 43.5 Å². The number of nitrogens with zero attached hydrogens (tertiary/aromatic N) is 3. The highest BCUT2D eigenvalue weighted by molar-refractivity contribution is 5.58. The zero-order valence-electron chi connectivity index (χ0n) is 14.7. The molecular weight excluding hydrogens is 298 g/mol. The topological polar surface area (TPSA) is 38.1 Å². The lowest BCUT2D eigenvalue weighted by atomic mass is 9.94. The smallest absolute Gasteiger partial charge is 0.266 e. The molecule has 2 aromatic rings. The van der Waals surface area contributed by atoms with Gasteiger partial charge in [-0.15, -0.1) is 0 Å². The number of aryl methyl sites for hydroxylation is 1. The van der Waals surface area contributed by atoms with Crippen molar-refractivity contribution >= 4 is 0 Å². The Kier molecular flexibility index (Phi) is 5.46. The lowest BCUT2D eigenvalue weighted by Crippen LogP contribution is -2.34. The number of likely N-dealkylation sites (N-methyl/N-ethyl adjacent to an activating group) is 1. The molecule has 0 N–H and O–H groups in total. The number of aromatic nitrogens is 2. The third kappa shape index (κ3) is 4.12. The van der Waals surface area contributed by atoms with Gasteiger partial charge in [0, 0.05) is 31.3 Å². The monoisotopic (exact) mass is 325 g/mol. The van der Waals surface area contributed by atoms with Crippen LogP contribution in [0.25, 0.3) is 11.3 Å². The molecule has 1 aromatic heterocycles. The molecule has 128 valence electrons. The average molecular weight is 325 g/mol. The summed E-state index contributed by atoms with van der Waals surface area (Å²) in [5, 5.41) is 4.30. The van der Waals surface area contributed by atoms with Gasteiger partial charge in [-0.2, -0.15) is 5.10 Å². The van der Waals surface area contributed by atoms with E-state index in [0.29, 0.717) is 0 Å². The Balaban J connectivity index is 1.59. The summed E-state index contributed by atoms with van der Waals surface area (Å²) < 4.78 is 1.38. The number of rotatable bonds is 5. The minimum absolute atomic E-state index is 0.0823. The van der Waals surface area contributed by atoms with Crippen molar-refractivity contribution in [3.63, 3.8) is 0 Å². The molecule has 1 aromatic carbocycles. The van der Waals surface area contributed by atoms with Gasteiger partial charge in [0.05, 0.1) is 5.69 Å². The highest BCUT2D eigenvalue weighted by Crippen LogP contribution is 2.22. The van der Waals surface area contributed by atoms with E-state index in [-0.39, 0.29) is 5.56 Å². The molecule has 0 atom stereocenters. The Labute approximate surface area is 144 Å². The lowest BCUT2D eigenvalue weighted by Gasteiger charge is -2.31. The summed E-state index contributed by atoms with van der Waals surface area (Å²) in [4.78, 5) is 14.0. The van der Waals surface area contributed by atoms with Crippen LogP contribution in [0.3, 0.4) is 0 Å². The summed E-state index contributed by atoms with van der Waals surface area (Å²) in [6.07, 6.45) is 7.97. The van der Waals surface area contributed by atoms with E-state index in [4.69, 9.17) is 0 Å². The van der Waals surface area contributed by atoms with Gasteiger partial charge >= 0.3 is 0 Å². The fourth-order valence-corrected chi connectivity index (χ4v) is 3.51. The van der Waals surface area contributed by atoms with Gasteiger partial charge in [-0.25, -0.2) is 4.68 Å². The summed E-state index contributed by atoms with van der Waals surface area (Å²) in [5.74, 6) is 0. The summed E-state index contributed by atoms with van der Waals surface area (Å²) >= 11 is 0. The maximum atomic E-state index is 11.4. The van der Waals surface area contributed by atoms with E-state index in [9.17, 15) is 4.79 Å². The van der Waals surface area contributed by atoms with E-state index in [1.165, 1.54) is 42.3 Å². The van der Waals surface area contributed by atoms with E-state index in [2.05, 4.69) is 41.3 Å². The van der Waals surface area contributed by atoms with E-state index in [1.807, 2.05) is 0 Å². The third-order valence-corrected chi connectivity index (χ3v) is 5.16. The van der Waals surface area contributed by atoms with Crippen LogP contribution in [0.5, 0.6) is 0 Å². The van der Waals surface area contributed by atoms with Crippen molar-refractivity contribution in [2.75, 3.05) is 13.6 Å². The van der Waals surface area contributed by atoms with Crippen molar-refractivity contribution in [1.29, 1.82) is 0 Å². The first-order chi connectivity index (χ1) is 11.6. The Morgan fingerprint density at radius 3 is 2.46 bits per heavy atom. The minimum atomic E-state index is -0.0823. The molecule has 1 fully saturated rings. The predicted molar refractivity (Wildman–Crippen MR) is 98.1 cm³/mol. The standard InChI is InChI=1S/C20H27N3O/c1-22(18-6-4-3-5-7-18)15-14-16-8-10-17(11-9-16)19-12-13-20(24)23(2)21-19/h8-13,18H,3-7,14-15H2,1-2H3. The molecule has 0 saturated heterocycles. The zero-order valence-corrected chi connectivity index (χ0v) is 14.7. The molecule has 0 bridgehead atoms. The van der Waals surface area contributed by atoms with Gasteiger partial charge in [-0.05, 0) is 37.9 Å². The second kappa shape index (κ2) is 7.75. The largest absolute Gasteiger partial charge is 0.303 e. The quantitative estimate of drug-likeness (QED) is 0.847. The number of hydrogen-bond donors (Lipinski definition) is 0. The molecule has 0 amide bonds. The molecule has 0 aliphatic heterocycles. The second-order valence-electron chi connectivity index (χ2n) is 6.90. The van der Waals surface area contributed by atoms with Gasteiger partial charge in [0.2, 0.25) is 0 Å². The van der Waals surface area contributed by atoms with Crippen LogP contribution in [0, 0.1) is 0 Å².